The predicted molar refractivity (Wildman–Crippen MR) is 76.8 cm³/mol. The molecule has 0 radical (unpaired) electrons. The number of hydrogen-bond donors (Lipinski definition) is 1. The van der Waals surface area contributed by atoms with Crippen LogP contribution in [0.4, 0.5) is 0 Å². The highest BCUT2D eigenvalue weighted by Crippen LogP contribution is 2.35. The number of halogens is 1. The molecule has 1 aliphatic heterocycles. The number of carbonyl (C=O) groups excluding carboxylic acids is 1. The molecule has 1 fully saturated rings. The van der Waals surface area contributed by atoms with Crippen LogP contribution in [0, 0.1) is 0 Å². The van der Waals surface area contributed by atoms with E-state index in [1.54, 1.807) is 12.1 Å². The first-order chi connectivity index (χ1) is 9.74. The molecule has 5 heteroatoms. The minimum Gasteiger partial charge on any atom is -0.486 e. The normalized spacial score (nSPS) is 18.6. The van der Waals surface area contributed by atoms with Gasteiger partial charge in [-0.1, -0.05) is 30.9 Å². The molecule has 4 nitrogen and oxygen atoms in total. The summed E-state index contributed by atoms with van der Waals surface area (Å²) >= 11 is 6.18. The summed E-state index contributed by atoms with van der Waals surface area (Å²) in [6.07, 6.45) is 5.72. The van der Waals surface area contributed by atoms with Gasteiger partial charge in [0.1, 0.15) is 13.2 Å². The average molecular weight is 296 g/mol. The summed E-state index contributed by atoms with van der Waals surface area (Å²) in [5, 5.41) is 3.47. The van der Waals surface area contributed by atoms with Crippen LogP contribution in [0.5, 0.6) is 11.5 Å². The molecule has 1 heterocycles. The number of ether oxygens (including phenoxy) is 2. The van der Waals surface area contributed by atoms with Gasteiger partial charge in [0.05, 0.1) is 10.6 Å². The van der Waals surface area contributed by atoms with Crippen molar-refractivity contribution in [3.63, 3.8) is 0 Å². The van der Waals surface area contributed by atoms with Crippen molar-refractivity contribution in [2.24, 2.45) is 0 Å². The van der Waals surface area contributed by atoms with E-state index in [0.717, 1.165) is 12.8 Å². The highest BCUT2D eigenvalue weighted by molar-refractivity contribution is 6.34. The minimum atomic E-state index is -0.126. The number of amides is 1. The quantitative estimate of drug-likeness (QED) is 0.911. The highest BCUT2D eigenvalue weighted by Gasteiger charge is 2.21. The fraction of sp³-hybridized carbons (Fsp3) is 0.533. The third-order valence-electron chi connectivity index (χ3n) is 3.82. The van der Waals surface area contributed by atoms with E-state index in [1.165, 1.54) is 19.3 Å². The lowest BCUT2D eigenvalue weighted by molar-refractivity contribution is 0.0926. The molecular weight excluding hydrogens is 278 g/mol. The third kappa shape index (κ3) is 2.85. The van der Waals surface area contributed by atoms with Gasteiger partial charge in [0.2, 0.25) is 0 Å². The fourth-order valence-electron chi connectivity index (χ4n) is 2.75. The Balaban J connectivity index is 1.76. The van der Waals surface area contributed by atoms with Crippen LogP contribution >= 0.6 is 11.6 Å². The van der Waals surface area contributed by atoms with Gasteiger partial charge in [-0.15, -0.1) is 0 Å². The van der Waals surface area contributed by atoms with E-state index in [4.69, 9.17) is 21.1 Å². The largest absolute Gasteiger partial charge is 0.486 e. The zero-order valence-electron chi connectivity index (χ0n) is 11.3. The molecule has 1 aromatic rings. The minimum absolute atomic E-state index is 0.126. The van der Waals surface area contributed by atoms with E-state index in [1.807, 2.05) is 0 Å². The van der Waals surface area contributed by atoms with Crippen LogP contribution in [0.2, 0.25) is 5.02 Å². The zero-order valence-corrected chi connectivity index (χ0v) is 12.0. The molecule has 0 unspecified atom stereocenters. The first-order valence-electron chi connectivity index (χ1n) is 7.14. The molecule has 108 valence electrons. The van der Waals surface area contributed by atoms with Crippen molar-refractivity contribution in [1.82, 2.24) is 5.32 Å². The molecule has 0 bridgehead atoms. The number of rotatable bonds is 2. The van der Waals surface area contributed by atoms with E-state index in [9.17, 15) is 4.79 Å². The van der Waals surface area contributed by atoms with Crippen molar-refractivity contribution in [2.75, 3.05) is 13.2 Å². The van der Waals surface area contributed by atoms with Gasteiger partial charge in [-0.2, -0.15) is 0 Å². The maximum Gasteiger partial charge on any atom is 0.253 e. The van der Waals surface area contributed by atoms with Gasteiger partial charge >= 0.3 is 0 Å². The van der Waals surface area contributed by atoms with Gasteiger partial charge in [0.15, 0.2) is 11.5 Å². The first kappa shape index (κ1) is 13.6. The molecule has 1 aromatic carbocycles. The zero-order chi connectivity index (χ0) is 13.9. The molecular formula is C15H18ClNO3. The molecule has 1 N–H and O–H groups in total. The first-order valence-corrected chi connectivity index (χ1v) is 7.52. The van der Waals surface area contributed by atoms with Gasteiger partial charge in [0.25, 0.3) is 5.91 Å². The van der Waals surface area contributed by atoms with Crippen LogP contribution in [-0.2, 0) is 0 Å². The molecule has 2 aliphatic rings. The van der Waals surface area contributed by atoms with Crippen LogP contribution in [0.1, 0.15) is 42.5 Å². The molecule has 20 heavy (non-hydrogen) atoms. The van der Waals surface area contributed by atoms with Gasteiger partial charge in [-0.3, -0.25) is 4.79 Å². The smallest absolute Gasteiger partial charge is 0.253 e. The molecule has 1 aliphatic carbocycles. The summed E-state index contributed by atoms with van der Waals surface area (Å²) in [5.41, 5.74) is 0.460. The fourth-order valence-corrected chi connectivity index (χ4v) is 2.99. The third-order valence-corrected chi connectivity index (χ3v) is 4.13. The van der Waals surface area contributed by atoms with E-state index >= 15 is 0 Å². The van der Waals surface area contributed by atoms with Gasteiger partial charge in [0, 0.05) is 12.1 Å². The van der Waals surface area contributed by atoms with Crippen LogP contribution in [0.3, 0.4) is 0 Å². The molecule has 1 amide bonds. The van der Waals surface area contributed by atoms with E-state index < -0.39 is 0 Å². The topological polar surface area (TPSA) is 47.6 Å². The molecule has 0 spiro atoms. The summed E-state index contributed by atoms with van der Waals surface area (Å²) in [5.74, 6) is 1.07. The van der Waals surface area contributed by atoms with Gasteiger partial charge in [-0.05, 0) is 18.9 Å². The average Bonchev–Trinajstić information content (AvgIpc) is 2.47. The SMILES string of the molecule is O=C(NC1CCCCC1)c1cc2c(cc1Cl)OCCO2. The second-order valence-corrected chi connectivity index (χ2v) is 5.69. The number of benzene rings is 1. The molecule has 0 aromatic heterocycles. The molecule has 0 atom stereocenters. The Labute approximate surface area is 123 Å². The maximum atomic E-state index is 12.3. The lowest BCUT2D eigenvalue weighted by atomic mass is 9.95. The number of nitrogens with one attached hydrogen (secondary N) is 1. The summed E-state index contributed by atoms with van der Waals surface area (Å²) in [7, 11) is 0. The summed E-state index contributed by atoms with van der Waals surface area (Å²) in [6.45, 7) is 1.01. The molecule has 3 rings (SSSR count). The highest BCUT2D eigenvalue weighted by atomic mass is 35.5. The van der Waals surface area contributed by atoms with Crippen LogP contribution in [0.15, 0.2) is 12.1 Å². The predicted octanol–water partition coefficient (Wildman–Crippen LogP) is 3.17. The van der Waals surface area contributed by atoms with Gasteiger partial charge in [-0.25, -0.2) is 0 Å². The Kier molecular flexibility index (Phi) is 4.01. The lowest BCUT2D eigenvalue weighted by Crippen LogP contribution is -2.36. The van der Waals surface area contributed by atoms with Crippen molar-refractivity contribution in [2.45, 2.75) is 38.1 Å². The van der Waals surface area contributed by atoms with Crippen LogP contribution in [0.25, 0.3) is 0 Å². The van der Waals surface area contributed by atoms with Crippen molar-refractivity contribution in [3.05, 3.63) is 22.7 Å². The van der Waals surface area contributed by atoms with Crippen LogP contribution in [-0.4, -0.2) is 25.2 Å². The van der Waals surface area contributed by atoms with E-state index in [-0.39, 0.29) is 11.9 Å². The van der Waals surface area contributed by atoms with Crippen molar-refractivity contribution in [1.29, 1.82) is 0 Å². The van der Waals surface area contributed by atoms with Crippen LogP contribution < -0.4 is 14.8 Å². The Hall–Kier alpha value is -1.42. The summed E-state index contributed by atoms with van der Waals surface area (Å²) in [6, 6.07) is 3.60. The number of carbonyl (C=O) groups is 1. The number of fused-ring (bicyclic) bond motifs is 1. The second kappa shape index (κ2) is 5.92. The maximum absolute atomic E-state index is 12.3. The van der Waals surface area contributed by atoms with Crippen molar-refractivity contribution < 1.29 is 14.3 Å². The van der Waals surface area contributed by atoms with Gasteiger partial charge < -0.3 is 14.8 Å². The van der Waals surface area contributed by atoms with E-state index in [2.05, 4.69) is 5.32 Å². The molecule has 0 saturated heterocycles. The Morgan fingerprint density at radius 1 is 1.10 bits per heavy atom. The summed E-state index contributed by atoms with van der Waals surface area (Å²) in [4.78, 5) is 12.3. The summed E-state index contributed by atoms with van der Waals surface area (Å²) < 4.78 is 10.9. The Morgan fingerprint density at radius 2 is 1.75 bits per heavy atom. The lowest BCUT2D eigenvalue weighted by Gasteiger charge is -2.24. The monoisotopic (exact) mass is 295 g/mol. The van der Waals surface area contributed by atoms with Crippen molar-refractivity contribution >= 4 is 17.5 Å². The molecule has 1 saturated carbocycles. The Bertz CT molecular complexity index is 512. The van der Waals surface area contributed by atoms with E-state index in [0.29, 0.717) is 35.3 Å². The van der Waals surface area contributed by atoms with Crippen molar-refractivity contribution in [3.8, 4) is 11.5 Å². The second-order valence-electron chi connectivity index (χ2n) is 5.28. The standard InChI is InChI=1S/C15H18ClNO3/c16-12-9-14-13(19-6-7-20-14)8-11(12)15(18)17-10-4-2-1-3-5-10/h8-10H,1-7H2,(H,17,18). The number of hydrogen-bond acceptors (Lipinski definition) is 3. The Morgan fingerprint density at radius 3 is 2.45 bits per heavy atom.